The molecular weight excluding hydrogens is 340 g/mol. The molecule has 2 fully saturated rings. The average molecular weight is 359 g/mol. The maximum absolute atomic E-state index is 12.7. The molecule has 2 saturated heterocycles. The minimum atomic E-state index is -3.63. The Morgan fingerprint density at radius 2 is 1.74 bits per heavy atom. The van der Waals surface area contributed by atoms with E-state index in [1.807, 2.05) is 0 Å². The summed E-state index contributed by atoms with van der Waals surface area (Å²) in [6, 6.07) is 4.64. The Bertz CT molecular complexity index is 695. The van der Waals surface area contributed by atoms with Crippen molar-refractivity contribution in [1.29, 1.82) is 0 Å². The fourth-order valence-corrected chi connectivity index (χ4v) is 4.59. The van der Waals surface area contributed by atoms with Gasteiger partial charge in [0, 0.05) is 31.9 Å². The largest absolute Gasteiger partial charge is 0.379 e. The van der Waals surface area contributed by atoms with Crippen LogP contribution in [0.2, 0.25) is 0 Å². The molecule has 0 aromatic heterocycles. The molecule has 2 aliphatic heterocycles. The van der Waals surface area contributed by atoms with E-state index >= 15 is 0 Å². The zero-order chi connectivity index (χ0) is 16.4. The molecule has 0 spiro atoms. The molecule has 2 heterocycles. The second kappa shape index (κ2) is 6.76. The number of sulfonamides is 1. The van der Waals surface area contributed by atoms with Crippen molar-refractivity contribution in [2.45, 2.75) is 17.7 Å². The van der Waals surface area contributed by atoms with Crippen molar-refractivity contribution in [3.8, 4) is 0 Å². The predicted octanol–water partition coefficient (Wildman–Crippen LogP) is 1.69. The molecule has 0 saturated carbocycles. The lowest BCUT2D eigenvalue weighted by molar-refractivity contribution is 0.0730. The molecule has 23 heavy (non-hydrogen) atoms. The quantitative estimate of drug-likeness (QED) is 0.766. The van der Waals surface area contributed by atoms with Crippen LogP contribution in [0.15, 0.2) is 23.1 Å². The van der Waals surface area contributed by atoms with E-state index in [-0.39, 0.29) is 10.5 Å². The summed E-state index contributed by atoms with van der Waals surface area (Å²) in [7, 11) is -3.63. The van der Waals surface area contributed by atoms with Gasteiger partial charge in [0.2, 0.25) is 10.0 Å². The number of morpholine rings is 1. The standard InChI is InChI=1S/C15H19ClN2O4S/c16-15(19)13-11-12(3-4-14(13)17-5-1-2-6-17)23(20,21)18-7-9-22-10-8-18/h3-4,11H,1-2,5-10H2. The van der Waals surface area contributed by atoms with Crippen molar-refractivity contribution in [3.63, 3.8) is 0 Å². The average Bonchev–Trinajstić information content (AvgIpc) is 3.09. The molecule has 0 aliphatic carbocycles. The molecule has 0 atom stereocenters. The Morgan fingerprint density at radius 1 is 1.09 bits per heavy atom. The minimum absolute atomic E-state index is 0.103. The Morgan fingerprint density at radius 3 is 2.35 bits per heavy atom. The van der Waals surface area contributed by atoms with Gasteiger partial charge in [-0.25, -0.2) is 8.42 Å². The third-order valence-corrected chi connectivity index (χ3v) is 6.33. The summed E-state index contributed by atoms with van der Waals surface area (Å²) < 4.78 is 32.0. The van der Waals surface area contributed by atoms with Crippen LogP contribution >= 0.6 is 11.6 Å². The zero-order valence-corrected chi connectivity index (χ0v) is 14.3. The summed E-state index contributed by atoms with van der Waals surface area (Å²) in [5.41, 5.74) is 0.964. The van der Waals surface area contributed by atoms with Crippen LogP contribution in [-0.2, 0) is 14.8 Å². The summed E-state index contributed by atoms with van der Waals surface area (Å²) in [4.78, 5) is 14.0. The molecular formula is C15H19ClN2O4S. The van der Waals surface area contributed by atoms with Crippen molar-refractivity contribution >= 4 is 32.6 Å². The van der Waals surface area contributed by atoms with Gasteiger partial charge in [-0.1, -0.05) is 0 Å². The number of ether oxygens (including phenoxy) is 1. The van der Waals surface area contributed by atoms with Crippen LogP contribution in [0, 0.1) is 0 Å². The smallest absolute Gasteiger partial charge is 0.254 e. The highest BCUT2D eigenvalue weighted by Crippen LogP contribution is 2.29. The summed E-state index contributed by atoms with van der Waals surface area (Å²) >= 11 is 5.70. The lowest BCUT2D eigenvalue weighted by Gasteiger charge is -2.27. The topological polar surface area (TPSA) is 66.9 Å². The SMILES string of the molecule is O=C(Cl)c1cc(S(=O)(=O)N2CCOCC2)ccc1N1CCCC1. The number of hydrogen-bond donors (Lipinski definition) is 0. The van der Waals surface area contributed by atoms with Crippen molar-refractivity contribution in [1.82, 2.24) is 4.31 Å². The molecule has 0 amide bonds. The van der Waals surface area contributed by atoms with Crippen molar-refractivity contribution < 1.29 is 17.9 Å². The van der Waals surface area contributed by atoms with Crippen LogP contribution < -0.4 is 4.90 Å². The van der Waals surface area contributed by atoms with E-state index in [1.54, 1.807) is 12.1 Å². The molecule has 0 unspecified atom stereocenters. The number of anilines is 1. The van der Waals surface area contributed by atoms with E-state index in [4.69, 9.17) is 16.3 Å². The van der Waals surface area contributed by atoms with Crippen LogP contribution in [0.1, 0.15) is 23.2 Å². The molecule has 0 N–H and O–H groups in total. The minimum Gasteiger partial charge on any atom is -0.379 e. The van der Waals surface area contributed by atoms with Crippen molar-refractivity contribution in [2.75, 3.05) is 44.3 Å². The first-order chi connectivity index (χ1) is 11.0. The maximum atomic E-state index is 12.7. The maximum Gasteiger partial charge on any atom is 0.254 e. The number of benzene rings is 1. The fraction of sp³-hybridized carbons (Fsp3) is 0.533. The summed E-state index contributed by atoms with van der Waals surface area (Å²) in [6.07, 6.45) is 2.12. The highest BCUT2D eigenvalue weighted by Gasteiger charge is 2.28. The second-order valence-corrected chi connectivity index (χ2v) is 7.94. The van der Waals surface area contributed by atoms with Crippen LogP contribution in [-0.4, -0.2) is 57.4 Å². The van der Waals surface area contributed by atoms with E-state index in [1.165, 1.54) is 10.4 Å². The van der Waals surface area contributed by atoms with Gasteiger partial charge in [-0.15, -0.1) is 0 Å². The van der Waals surface area contributed by atoms with E-state index in [0.717, 1.165) is 25.9 Å². The number of carbonyl (C=O) groups excluding carboxylic acids is 1. The third-order valence-electron chi connectivity index (χ3n) is 4.23. The fourth-order valence-electron chi connectivity index (χ4n) is 3.00. The number of rotatable bonds is 4. The molecule has 0 radical (unpaired) electrons. The highest BCUT2D eigenvalue weighted by molar-refractivity contribution is 7.89. The van der Waals surface area contributed by atoms with Crippen LogP contribution in [0.3, 0.4) is 0 Å². The van der Waals surface area contributed by atoms with Crippen LogP contribution in [0.4, 0.5) is 5.69 Å². The lowest BCUT2D eigenvalue weighted by atomic mass is 10.2. The molecule has 8 heteroatoms. The first-order valence-electron chi connectivity index (χ1n) is 7.67. The first-order valence-corrected chi connectivity index (χ1v) is 9.49. The molecule has 6 nitrogen and oxygen atoms in total. The van der Waals surface area contributed by atoms with E-state index < -0.39 is 15.3 Å². The molecule has 3 rings (SSSR count). The summed E-state index contributed by atoms with van der Waals surface area (Å²) in [5.74, 6) is 0. The second-order valence-electron chi connectivity index (χ2n) is 5.66. The highest BCUT2D eigenvalue weighted by atomic mass is 35.5. The summed E-state index contributed by atoms with van der Waals surface area (Å²) in [5, 5.41) is -0.633. The molecule has 126 valence electrons. The van der Waals surface area contributed by atoms with Gasteiger partial charge in [0.05, 0.1) is 23.7 Å². The van der Waals surface area contributed by atoms with E-state index in [0.29, 0.717) is 32.0 Å². The Balaban J connectivity index is 1.97. The summed E-state index contributed by atoms with van der Waals surface area (Å²) in [6.45, 7) is 3.11. The van der Waals surface area contributed by atoms with Gasteiger partial charge < -0.3 is 9.64 Å². The van der Waals surface area contributed by atoms with Crippen molar-refractivity contribution in [3.05, 3.63) is 23.8 Å². The van der Waals surface area contributed by atoms with E-state index in [9.17, 15) is 13.2 Å². The third kappa shape index (κ3) is 3.38. The van der Waals surface area contributed by atoms with Gasteiger partial charge in [-0.2, -0.15) is 4.31 Å². The number of hydrogen-bond acceptors (Lipinski definition) is 5. The van der Waals surface area contributed by atoms with Gasteiger partial charge in [0.1, 0.15) is 0 Å². The molecule has 2 aliphatic rings. The monoisotopic (exact) mass is 358 g/mol. The van der Waals surface area contributed by atoms with Crippen molar-refractivity contribution in [2.24, 2.45) is 0 Å². The van der Waals surface area contributed by atoms with Crippen LogP contribution in [0.5, 0.6) is 0 Å². The van der Waals surface area contributed by atoms with Gasteiger partial charge in [-0.3, -0.25) is 4.79 Å². The molecule has 1 aromatic carbocycles. The first kappa shape index (κ1) is 16.7. The Labute approximate surface area is 141 Å². The number of nitrogens with zero attached hydrogens (tertiary/aromatic N) is 2. The van der Waals surface area contributed by atoms with Gasteiger partial charge in [-0.05, 0) is 42.6 Å². The molecule has 0 bridgehead atoms. The van der Waals surface area contributed by atoms with Crippen LogP contribution in [0.25, 0.3) is 0 Å². The van der Waals surface area contributed by atoms with Gasteiger partial charge in [0.25, 0.3) is 5.24 Å². The van der Waals surface area contributed by atoms with Gasteiger partial charge in [0.15, 0.2) is 0 Å². The van der Waals surface area contributed by atoms with Gasteiger partial charge >= 0.3 is 0 Å². The Hall–Kier alpha value is -1.15. The van der Waals surface area contributed by atoms with E-state index in [2.05, 4.69) is 4.90 Å². The number of carbonyl (C=O) groups is 1. The Kier molecular flexibility index (Phi) is 4.91. The lowest BCUT2D eigenvalue weighted by Crippen LogP contribution is -2.40. The number of halogens is 1. The normalized spacial score (nSPS) is 20.0. The molecule has 1 aromatic rings. The predicted molar refractivity (Wildman–Crippen MR) is 87.7 cm³/mol. The zero-order valence-electron chi connectivity index (χ0n) is 12.7.